The molecule has 0 aliphatic rings. The number of anilines is 2. The first-order valence-corrected chi connectivity index (χ1v) is 8.55. The zero-order chi connectivity index (χ0) is 17.0. The smallest absolute Gasteiger partial charge is 0.189 e. The Labute approximate surface area is 142 Å². The van der Waals surface area contributed by atoms with Gasteiger partial charge in [0, 0.05) is 13.1 Å². The van der Waals surface area contributed by atoms with Gasteiger partial charge >= 0.3 is 0 Å². The monoisotopic (exact) mass is 345 g/mol. The van der Waals surface area contributed by atoms with Crippen LogP contribution in [0, 0.1) is 29.6 Å². The highest BCUT2D eigenvalue weighted by molar-refractivity contribution is 7.19. The maximum Gasteiger partial charge on any atom is 0.189 e. The average Bonchev–Trinajstić information content (AvgIpc) is 3.06. The lowest BCUT2D eigenvalue weighted by Gasteiger charge is -2.16. The van der Waals surface area contributed by atoms with Crippen molar-refractivity contribution in [1.29, 1.82) is 10.5 Å². The lowest BCUT2D eigenvalue weighted by atomic mass is 10.2. The highest BCUT2D eigenvalue weighted by atomic mass is 32.1. The molecule has 0 atom stereocenters. The van der Waals surface area contributed by atoms with Crippen LogP contribution in [0.2, 0.25) is 0 Å². The van der Waals surface area contributed by atoms with E-state index in [4.69, 9.17) is 11.0 Å². The Kier molecular flexibility index (Phi) is 5.27. The van der Waals surface area contributed by atoms with Crippen molar-refractivity contribution in [3.63, 3.8) is 0 Å². The van der Waals surface area contributed by atoms with Crippen LogP contribution in [0.1, 0.15) is 29.9 Å². The van der Waals surface area contributed by atoms with Gasteiger partial charge in [-0.2, -0.15) is 10.5 Å². The van der Waals surface area contributed by atoms with Gasteiger partial charge in [0.2, 0.25) is 0 Å². The molecule has 2 N–H and O–H groups in total. The van der Waals surface area contributed by atoms with Crippen molar-refractivity contribution < 1.29 is 0 Å². The number of rotatable bonds is 5. The van der Waals surface area contributed by atoms with E-state index in [1.807, 2.05) is 13.8 Å². The van der Waals surface area contributed by atoms with Gasteiger partial charge in [-0.3, -0.25) is 0 Å². The third-order valence-electron chi connectivity index (χ3n) is 3.23. The number of nitrogens with zero attached hydrogens (tertiary/aromatic N) is 6. The van der Waals surface area contributed by atoms with E-state index < -0.39 is 0 Å². The van der Waals surface area contributed by atoms with Crippen LogP contribution in [0.15, 0.2) is 10.2 Å². The summed E-state index contributed by atoms with van der Waals surface area (Å²) in [5.74, 6) is 0.313. The second-order valence-corrected chi connectivity index (χ2v) is 6.47. The highest BCUT2D eigenvalue weighted by Gasteiger charge is 2.16. The number of hydrogen-bond donors (Lipinski definition) is 1. The van der Waals surface area contributed by atoms with Crippen LogP contribution in [-0.2, 0) is 0 Å². The molecule has 0 saturated carbocycles. The van der Waals surface area contributed by atoms with E-state index in [1.165, 1.54) is 11.3 Å². The molecule has 0 fully saturated rings. The Morgan fingerprint density at radius 3 is 2.35 bits per heavy atom. The van der Waals surface area contributed by atoms with E-state index in [0.717, 1.165) is 29.6 Å². The molecule has 0 spiro atoms. The molecule has 2 rings (SSSR count). The van der Waals surface area contributed by atoms with Crippen molar-refractivity contribution in [2.45, 2.75) is 20.8 Å². The Bertz CT molecular complexity index is 816. The zero-order valence-electron chi connectivity index (χ0n) is 13.0. The molecular weight excluding hydrogens is 330 g/mol. The van der Waals surface area contributed by atoms with Crippen LogP contribution in [0.5, 0.6) is 0 Å². The predicted molar refractivity (Wildman–Crippen MR) is 92.7 cm³/mol. The van der Waals surface area contributed by atoms with Crippen molar-refractivity contribution in [3.8, 4) is 12.1 Å². The second-order valence-electron chi connectivity index (χ2n) is 4.52. The molecule has 0 unspecified atom stereocenters. The summed E-state index contributed by atoms with van der Waals surface area (Å²) in [6, 6.07) is 4.12. The molecule has 0 bridgehead atoms. The van der Waals surface area contributed by atoms with E-state index in [0.29, 0.717) is 31.8 Å². The topological polar surface area (TPSA) is 114 Å². The van der Waals surface area contributed by atoms with Crippen molar-refractivity contribution in [1.82, 2.24) is 4.98 Å². The van der Waals surface area contributed by atoms with Gasteiger partial charge in [0.25, 0.3) is 0 Å². The number of hydrogen-bond acceptors (Lipinski definition) is 9. The molecule has 0 aliphatic heterocycles. The van der Waals surface area contributed by atoms with Gasteiger partial charge in [0.05, 0.1) is 5.56 Å². The van der Waals surface area contributed by atoms with Crippen molar-refractivity contribution >= 4 is 43.6 Å². The largest absolute Gasteiger partial charge is 0.381 e. The molecule has 2 heterocycles. The number of nitriles is 2. The zero-order valence-corrected chi connectivity index (χ0v) is 14.6. The third-order valence-corrected chi connectivity index (χ3v) is 5.33. The number of nitrogen functional groups attached to an aromatic ring is 1. The van der Waals surface area contributed by atoms with Crippen LogP contribution >= 0.6 is 22.7 Å². The molecule has 23 heavy (non-hydrogen) atoms. The Hall–Kier alpha value is -2.49. The van der Waals surface area contributed by atoms with E-state index in [1.54, 1.807) is 6.92 Å². The predicted octanol–water partition coefficient (Wildman–Crippen LogP) is 4.10. The molecule has 0 radical (unpaired) electrons. The molecule has 0 saturated heterocycles. The minimum Gasteiger partial charge on any atom is -0.381 e. The van der Waals surface area contributed by atoms with Gasteiger partial charge in [0.15, 0.2) is 21.0 Å². The fourth-order valence-electron chi connectivity index (χ4n) is 1.91. The quantitative estimate of drug-likeness (QED) is 0.819. The molecule has 0 aromatic carbocycles. The summed E-state index contributed by atoms with van der Waals surface area (Å²) >= 11 is 2.50. The molecule has 9 heteroatoms. The first kappa shape index (κ1) is 16.9. The van der Waals surface area contributed by atoms with E-state index >= 15 is 0 Å². The number of thiazole rings is 1. The van der Waals surface area contributed by atoms with Gasteiger partial charge in [-0.25, -0.2) is 4.98 Å². The Morgan fingerprint density at radius 1 is 1.13 bits per heavy atom. The number of nitrogens with two attached hydrogens (primary N) is 1. The van der Waals surface area contributed by atoms with Crippen LogP contribution in [0.3, 0.4) is 0 Å². The van der Waals surface area contributed by atoms with Crippen molar-refractivity contribution in [2.24, 2.45) is 10.2 Å². The van der Waals surface area contributed by atoms with Gasteiger partial charge in [-0.05, 0) is 26.3 Å². The summed E-state index contributed by atoms with van der Waals surface area (Å²) in [6.45, 7) is 7.47. The Balaban J connectivity index is 2.35. The van der Waals surface area contributed by atoms with Crippen LogP contribution < -0.4 is 10.6 Å². The molecular formula is C14H15N7S2. The van der Waals surface area contributed by atoms with E-state index in [2.05, 4.69) is 32.3 Å². The van der Waals surface area contributed by atoms with Gasteiger partial charge in [-0.15, -0.1) is 21.6 Å². The SMILES string of the molecule is CCN(CC)c1nc(N)c(N=Nc2sc(C#N)c(C)c2C#N)s1. The molecule has 2 aromatic rings. The molecule has 2 aromatic heterocycles. The maximum absolute atomic E-state index is 9.21. The summed E-state index contributed by atoms with van der Waals surface area (Å²) in [5.41, 5.74) is 6.90. The van der Waals surface area contributed by atoms with Crippen molar-refractivity contribution in [2.75, 3.05) is 23.7 Å². The molecule has 0 amide bonds. The van der Waals surface area contributed by atoms with Gasteiger partial charge in [-0.1, -0.05) is 11.3 Å². The summed E-state index contributed by atoms with van der Waals surface area (Å²) in [7, 11) is 0. The van der Waals surface area contributed by atoms with E-state index in [-0.39, 0.29) is 0 Å². The van der Waals surface area contributed by atoms with Crippen LogP contribution in [0.4, 0.5) is 21.0 Å². The van der Waals surface area contributed by atoms with Crippen LogP contribution in [-0.4, -0.2) is 18.1 Å². The normalized spacial score (nSPS) is 10.7. The average molecular weight is 345 g/mol. The minimum absolute atomic E-state index is 0.313. The van der Waals surface area contributed by atoms with Gasteiger partial charge < -0.3 is 10.6 Å². The third kappa shape index (κ3) is 3.31. The Morgan fingerprint density at radius 2 is 1.78 bits per heavy atom. The lowest BCUT2D eigenvalue weighted by molar-refractivity contribution is 0.861. The highest BCUT2D eigenvalue weighted by Crippen LogP contribution is 2.39. The number of aromatic nitrogens is 1. The van der Waals surface area contributed by atoms with Gasteiger partial charge in [0.1, 0.15) is 17.0 Å². The standard InChI is InChI=1S/C14H15N7S2/c1-4-21(5-2)14-18-11(17)13(23-14)20-19-12-9(6-15)8(3)10(7-16)22-12/h4-5,17H2,1-3H3. The second kappa shape index (κ2) is 7.18. The lowest BCUT2D eigenvalue weighted by Crippen LogP contribution is -2.21. The number of azo groups is 1. The summed E-state index contributed by atoms with van der Waals surface area (Å²) in [4.78, 5) is 6.84. The molecule has 0 aliphatic carbocycles. The van der Waals surface area contributed by atoms with E-state index in [9.17, 15) is 5.26 Å². The van der Waals surface area contributed by atoms with Crippen molar-refractivity contribution in [3.05, 3.63) is 16.0 Å². The summed E-state index contributed by atoms with van der Waals surface area (Å²) in [6.07, 6.45) is 0. The first-order chi connectivity index (χ1) is 11.0. The summed E-state index contributed by atoms with van der Waals surface area (Å²) < 4.78 is 0. The molecule has 7 nitrogen and oxygen atoms in total. The fourth-order valence-corrected chi connectivity index (χ4v) is 3.72. The minimum atomic E-state index is 0.313. The first-order valence-electron chi connectivity index (χ1n) is 6.92. The summed E-state index contributed by atoms with van der Waals surface area (Å²) in [5, 5.41) is 28.2. The fraction of sp³-hybridized carbons (Fsp3) is 0.357. The number of thiophene rings is 1. The maximum atomic E-state index is 9.21. The molecule has 118 valence electrons. The van der Waals surface area contributed by atoms with Crippen LogP contribution in [0.25, 0.3) is 0 Å².